The Labute approximate surface area is 126 Å². The molecule has 19 heavy (non-hydrogen) atoms. The first-order valence-electron chi connectivity index (χ1n) is 5.47. The van der Waals surface area contributed by atoms with Gasteiger partial charge in [0.1, 0.15) is 0 Å². The maximum Gasteiger partial charge on any atom is 0.212 e. The van der Waals surface area contributed by atoms with Gasteiger partial charge in [-0.15, -0.1) is 0 Å². The molecule has 1 N–H and O–H groups in total. The molecule has 0 radical (unpaired) electrons. The number of pyridine rings is 1. The molecular weight excluding hydrogens is 307 g/mol. The van der Waals surface area contributed by atoms with E-state index < -0.39 is 0 Å². The lowest BCUT2D eigenvalue weighted by Crippen LogP contribution is -2.01. The van der Waals surface area contributed by atoms with Crippen molar-refractivity contribution in [1.29, 1.82) is 0 Å². The molecule has 6 heteroatoms. The molecule has 0 spiro atoms. The zero-order valence-corrected chi connectivity index (χ0v) is 12.4. The third kappa shape index (κ3) is 3.66. The van der Waals surface area contributed by atoms with Crippen LogP contribution in [0.2, 0.25) is 15.1 Å². The van der Waals surface area contributed by atoms with Crippen LogP contribution in [0, 0.1) is 0 Å². The maximum atomic E-state index is 6.08. The van der Waals surface area contributed by atoms with Crippen LogP contribution in [0.1, 0.15) is 5.56 Å². The average molecular weight is 318 g/mol. The number of aromatic nitrogens is 1. The number of halogens is 3. The Bertz CT molecular complexity index is 550. The van der Waals surface area contributed by atoms with Gasteiger partial charge in [-0.25, -0.2) is 4.98 Å². The molecule has 0 saturated heterocycles. The van der Waals surface area contributed by atoms with Gasteiger partial charge in [-0.05, 0) is 17.7 Å². The van der Waals surface area contributed by atoms with Gasteiger partial charge in [-0.2, -0.15) is 0 Å². The Balaban J connectivity index is 2.10. The van der Waals surface area contributed by atoms with Gasteiger partial charge in [0, 0.05) is 23.8 Å². The predicted octanol–water partition coefficient (Wildman–Crippen LogP) is 4.66. The van der Waals surface area contributed by atoms with Crippen LogP contribution in [0.5, 0.6) is 5.88 Å². The molecule has 100 valence electrons. The van der Waals surface area contributed by atoms with Crippen molar-refractivity contribution in [3.63, 3.8) is 0 Å². The highest BCUT2D eigenvalue weighted by molar-refractivity contribution is 6.41. The third-order valence-electron chi connectivity index (χ3n) is 2.48. The quantitative estimate of drug-likeness (QED) is 0.890. The first-order valence-corrected chi connectivity index (χ1v) is 6.61. The van der Waals surface area contributed by atoms with E-state index in [4.69, 9.17) is 39.5 Å². The standard InChI is InChI=1S/C13H11Cl3N2O/c1-19-12-3-2-8(6-17-12)7-18-13-10(15)4-9(14)5-11(13)16/h2-6,18H,7H2,1H3. The molecule has 2 rings (SSSR count). The summed E-state index contributed by atoms with van der Waals surface area (Å²) in [5, 5.41) is 4.64. The number of ether oxygens (including phenoxy) is 1. The van der Waals surface area contributed by atoms with Gasteiger partial charge in [0.05, 0.1) is 22.8 Å². The van der Waals surface area contributed by atoms with Crippen molar-refractivity contribution in [2.75, 3.05) is 12.4 Å². The van der Waals surface area contributed by atoms with E-state index in [1.165, 1.54) is 0 Å². The van der Waals surface area contributed by atoms with Gasteiger partial charge >= 0.3 is 0 Å². The fraction of sp³-hybridized carbons (Fsp3) is 0.154. The number of anilines is 1. The average Bonchev–Trinajstić information content (AvgIpc) is 2.38. The number of hydrogen-bond acceptors (Lipinski definition) is 3. The summed E-state index contributed by atoms with van der Waals surface area (Å²) in [6.45, 7) is 0.554. The fourth-order valence-corrected chi connectivity index (χ4v) is 2.49. The van der Waals surface area contributed by atoms with Gasteiger partial charge in [-0.1, -0.05) is 40.9 Å². The highest BCUT2D eigenvalue weighted by Gasteiger charge is 2.07. The molecule has 3 nitrogen and oxygen atoms in total. The molecule has 0 aliphatic heterocycles. The van der Waals surface area contributed by atoms with Gasteiger partial charge in [0.15, 0.2) is 0 Å². The summed E-state index contributed by atoms with van der Waals surface area (Å²) >= 11 is 18.0. The van der Waals surface area contributed by atoms with E-state index in [0.29, 0.717) is 33.2 Å². The molecule has 2 aromatic rings. The predicted molar refractivity (Wildman–Crippen MR) is 79.6 cm³/mol. The Morgan fingerprint density at radius 3 is 2.37 bits per heavy atom. The SMILES string of the molecule is COc1ccc(CNc2c(Cl)cc(Cl)cc2Cl)cn1. The number of rotatable bonds is 4. The highest BCUT2D eigenvalue weighted by atomic mass is 35.5. The molecule has 0 fully saturated rings. The van der Waals surface area contributed by atoms with Crippen molar-refractivity contribution in [3.05, 3.63) is 51.1 Å². The zero-order valence-electron chi connectivity index (χ0n) is 10.1. The van der Waals surface area contributed by atoms with Crippen molar-refractivity contribution in [2.24, 2.45) is 0 Å². The molecule has 0 unspecified atom stereocenters. The maximum absolute atomic E-state index is 6.08. The van der Waals surface area contributed by atoms with Crippen LogP contribution < -0.4 is 10.1 Å². The van der Waals surface area contributed by atoms with E-state index in [1.807, 2.05) is 6.07 Å². The van der Waals surface area contributed by atoms with E-state index in [9.17, 15) is 0 Å². The van der Waals surface area contributed by atoms with Crippen molar-refractivity contribution in [3.8, 4) is 5.88 Å². The minimum Gasteiger partial charge on any atom is -0.481 e. The van der Waals surface area contributed by atoms with Crippen LogP contribution in [0.3, 0.4) is 0 Å². The molecule has 0 aliphatic rings. The summed E-state index contributed by atoms with van der Waals surface area (Å²) in [5.74, 6) is 0.575. The molecule has 0 amide bonds. The first kappa shape index (κ1) is 14.3. The van der Waals surface area contributed by atoms with Crippen LogP contribution in [0.25, 0.3) is 0 Å². The molecule has 0 bridgehead atoms. The number of methoxy groups -OCH3 is 1. The first-order chi connectivity index (χ1) is 9.10. The minimum atomic E-state index is 0.485. The largest absolute Gasteiger partial charge is 0.481 e. The number of benzene rings is 1. The van der Waals surface area contributed by atoms with E-state index in [1.54, 1.807) is 31.5 Å². The third-order valence-corrected chi connectivity index (χ3v) is 3.30. The Morgan fingerprint density at radius 2 is 1.84 bits per heavy atom. The number of nitrogens with one attached hydrogen (secondary N) is 1. The molecule has 1 aromatic heterocycles. The van der Waals surface area contributed by atoms with Crippen LogP contribution in [0.15, 0.2) is 30.5 Å². The lowest BCUT2D eigenvalue weighted by molar-refractivity contribution is 0.397. The van der Waals surface area contributed by atoms with E-state index in [0.717, 1.165) is 5.56 Å². The molecule has 1 aromatic carbocycles. The fourth-order valence-electron chi connectivity index (χ4n) is 1.54. The van der Waals surface area contributed by atoms with Crippen LogP contribution >= 0.6 is 34.8 Å². The summed E-state index contributed by atoms with van der Waals surface area (Å²) in [6, 6.07) is 6.99. The van der Waals surface area contributed by atoms with Crippen molar-refractivity contribution >= 4 is 40.5 Å². The molecular formula is C13H11Cl3N2O. The van der Waals surface area contributed by atoms with Crippen LogP contribution in [0.4, 0.5) is 5.69 Å². The monoisotopic (exact) mass is 316 g/mol. The molecule has 1 heterocycles. The second kappa shape index (κ2) is 6.33. The highest BCUT2D eigenvalue weighted by Crippen LogP contribution is 2.33. The summed E-state index contributed by atoms with van der Waals surface area (Å²) in [5.41, 5.74) is 1.64. The number of nitrogens with zero attached hydrogens (tertiary/aromatic N) is 1. The Kier molecular flexibility index (Phi) is 4.75. The van der Waals surface area contributed by atoms with Gasteiger partial charge in [0.2, 0.25) is 5.88 Å². The van der Waals surface area contributed by atoms with Gasteiger partial charge in [0.25, 0.3) is 0 Å². The van der Waals surface area contributed by atoms with E-state index in [-0.39, 0.29) is 0 Å². The normalized spacial score (nSPS) is 10.3. The lowest BCUT2D eigenvalue weighted by Gasteiger charge is -2.11. The summed E-state index contributed by atoms with van der Waals surface area (Å²) in [4.78, 5) is 4.12. The smallest absolute Gasteiger partial charge is 0.212 e. The van der Waals surface area contributed by atoms with Gasteiger partial charge in [-0.3, -0.25) is 0 Å². The summed E-state index contributed by atoms with van der Waals surface area (Å²) in [6.07, 6.45) is 1.73. The van der Waals surface area contributed by atoms with E-state index in [2.05, 4.69) is 10.3 Å². The minimum absolute atomic E-state index is 0.485. The molecule has 0 saturated carbocycles. The second-order valence-corrected chi connectivity index (χ2v) is 5.06. The van der Waals surface area contributed by atoms with Crippen LogP contribution in [-0.4, -0.2) is 12.1 Å². The second-order valence-electron chi connectivity index (χ2n) is 3.81. The molecule has 0 atom stereocenters. The lowest BCUT2D eigenvalue weighted by atomic mass is 10.2. The van der Waals surface area contributed by atoms with Crippen molar-refractivity contribution in [2.45, 2.75) is 6.54 Å². The Morgan fingerprint density at radius 1 is 1.16 bits per heavy atom. The summed E-state index contributed by atoms with van der Waals surface area (Å²) in [7, 11) is 1.58. The summed E-state index contributed by atoms with van der Waals surface area (Å²) < 4.78 is 4.99. The van der Waals surface area contributed by atoms with Crippen molar-refractivity contribution < 1.29 is 4.74 Å². The van der Waals surface area contributed by atoms with Gasteiger partial charge < -0.3 is 10.1 Å². The van der Waals surface area contributed by atoms with Crippen LogP contribution in [-0.2, 0) is 6.54 Å². The van der Waals surface area contributed by atoms with Crippen molar-refractivity contribution in [1.82, 2.24) is 4.98 Å². The van der Waals surface area contributed by atoms with E-state index >= 15 is 0 Å². The molecule has 0 aliphatic carbocycles. The Hall–Kier alpha value is -1.16. The topological polar surface area (TPSA) is 34.1 Å². The number of hydrogen-bond donors (Lipinski definition) is 1. The zero-order chi connectivity index (χ0) is 13.8.